The van der Waals surface area contributed by atoms with E-state index in [1.165, 1.54) is 5.56 Å². The Labute approximate surface area is 154 Å². The van der Waals surface area contributed by atoms with Gasteiger partial charge in [0.15, 0.2) is 0 Å². The summed E-state index contributed by atoms with van der Waals surface area (Å²) in [5, 5.41) is 3.09. The molecule has 0 saturated carbocycles. The highest BCUT2D eigenvalue weighted by molar-refractivity contribution is 5.87. The summed E-state index contributed by atoms with van der Waals surface area (Å²) in [7, 11) is 1.66. The Hall–Kier alpha value is -3.07. The number of hydrogen-bond donors (Lipinski definition) is 1. The van der Waals surface area contributed by atoms with E-state index in [9.17, 15) is 4.79 Å². The summed E-state index contributed by atoms with van der Waals surface area (Å²) >= 11 is 0. The Morgan fingerprint density at radius 3 is 1.88 bits per heavy atom. The minimum atomic E-state index is -0.298. The van der Waals surface area contributed by atoms with Crippen LogP contribution in [0.1, 0.15) is 22.6 Å². The highest BCUT2D eigenvalue weighted by atomic mass is 16.5. The van der Waals surface area contributed by atoms with Crippen LogP contribution in [0.15, 0.2) is 84.9 Å². The van der Waals surface area contributed by atoms with Crippen LogP contribution < -0.4 is 10.1 Å². The molecule has 0 aliphatic rings. The van der Waals surface area contributed by atoms with Gasteiger partial charge in [-0.05, 0) is 35.2 Å². The number of hydrogen-bond acceptors (Lipinski definition) is 2. The summed E-state index contributed by atoms with van der Waals surface area (Å²) in [6.45, 7) is 0.599. The lowest BCUT2D eigenvalue weighted by Crippen LogP contribution is -2.31. The predicted octanol–water partition coefficient (Wildman–Crippen LogP) is 4.19. The van der Waals surface area contributed by atoms with Gasteiger partial charge in [-0.2, -0.15) is 0 Å². The van der Waals surface area contributed by atoms with Gasteiger partial charge in [-0.1, -0.05) is 72.8 Å². The van der Waals surface area contributed by atoms with Gasteiger partial charge in [0, 0.05) is 6.54 Å². The first-order valence-corrected chi connectivity index (χ1v) is 8.78. The van der Waals surface area contributed by atoms with Crippen LogP contribution in [0.2, 0.25) is 0 Å². The van der Waals surface area contributed by atoms with Crippen LogP contribution in [0.25, 0.3) is 0 Å². The van der Waals surface area contributed by atoms with E-state index in [1.54, 1.807) is 7.11 Å². The van der Waals surface area contributed by atoms with E-state index < -0.39 is 0 Å². The van der Waals surface area contributed by atoms with E-state index in [4.69, 9.17) is 4.74 Å². The van der Waals surface area contributed by atoms with Crippen LogP contribution >= 0.6 is 0 Å². The van der Waals surface area contributed by atoms with Crippen LogP contribution in [-0.4, -0.2) is 19.6 Å². The van der Waals surface area contributed by atoms with Crippen LogP contribution in [0.3, 0.4) is 0 Å². The monoisotopic (exact) mass is 345 g/mol. The fourth-order valence-electron chi connectivity index (χ4n) is 3.01. The van der Waals surface area contributed by atoms with Gasteiger partial charge in [0.1, 0.15) is 5.75 Å². The first-order chi connectivity index (χ1) is 12.8. The minimum absolute atomic E-state index is 0.0240. The maximum atomic E-state index is 12.9. The third kappa shape index (κ3) is 4.51. The molecule has 0 radical (unpaired) electrons. The van der Waals surface area contributed by atoms with Crippen molar-refractivity contribution in [1.29, 1.82) is 0 Å². The summed E-state index contributed by atoms with van der Waals surface area (Å²) in [5.74, 6) is 0.565. The van der Waals surface area contributed by atoms with Gasteiger partial charge in [-0.15, -0.1) is 0 Å². The lowest BCUT2D eigenvalue weighted by Gasteiger charge is -2.18. The molecular weight excluding hydrogens is 322 g/mol. The van der Waals surface area contributed by atoms with Gasteiger partial charge in [0.2, 0.25) is 5.91 Å². The third-order valence-electron chi connectivity index (χ3n) is 4.40. The number of rotatable bonds is 7. The molecule has 0 bridgehead atoms. The molecule has 132 valence electrons. The van der Waals surface area contributed by atoms with Gasteiger partial charge in [-0.3, -0.25) is 4.79 Å². The predicted molar refractivity (Wildman–Crippen MR) is 104 cm³/mol. The molecule has 3 aromatic carbocycles. The molecule has 0 aliphatic heterocycles. The van der Waals surface area contributed by atoms with Crippen molar-refractivity contribution in [2.45, 2.75) is 12.3 Å². The molecule has 0 saturated heterocycles. The van der Waals surface area contributed by atoms with Crippen molar-refractivity contribution in [2.75, 3.05) is 13.7 Å². The average Bonchev–Trinajstić information content (AvgIpc) is 2.70. The van der Waals surface area contributed by atoms with Crippen LogP contribution in [-0.2, 0) is 11.2 Å². The van der Waals surface area contributed by atoms with Gasteiger partial charge in [0.05, 0.1) is 13.0 Å². The highest BCUT2D eigenvalue weighted by Gasteiger charge is 2.21. The van der Waals surface area contributed by atoms with E-state index in [2.05, 4.69) is 5.32 Å². The van der Waals surface area contributed by atoms with Crippen LogP contribution in [0, 0.1) is 0 Å². The zero-order valence-corrected chi connectivity index (χ0v) is 14.9. The summed E-state index contributed by atoms with van der Waals surface area (Å²) in [6.07, 6.45) is 0.784. The SMILES string of the molecule is COc1ccc(CCNC(=O)C(c2ccccc2)c2ccccc2)cc1. The molecule has 3 heteroatoms. The largest absolute Gasteiger partial charge is 0.497 e. The maximum Gasteiger partial charge on any atom is 0.232 e. The third-order valence-corrected chi connectivity index (χ3v) is 4.40. The second-order valence-corrected chi connectivity index (χ2v) is 6.14. The van der Waals surface area contributed by atoms with Crippen LogP contribution in [0.5, 0.6) is 5.75 Å². The topological polar surface area (TPSA) is 38.3 Å². The number of nitrogens with one attached hydrogen (secondary N) is 1. The Balaban J connectivity index is 1.68. The second kappa shape index (κ2) is 8.86. The molecule has 0 unspecified atom stereocenters. The molecular formula is C23H23NO2. The molecule has 0 atom stereocenters. The number of carbonyl (C=O) groups excluding carboxylic acids is 1. The summed E-state index contributed by atoms with van der Waals surface area (Å²) in [6, 6.07) is 27.7. The smallest absolute Gasteiger partial charge is 0.232 e. The number of methoxy groups -OCH3 is 1. The Morgan fingerprint density at radius 1 is 0.846 bits per heavy atom. The molecule has 0 aromatic heterocycles. The van der Waals surface area contributed by atoms with Gasteiger partial charge in [0.25, 0.3) is 0 Å². The zero-order chi connectivity index (χ0) is 18.2. The molecule has 3 aromatic rings. The lowest BCUT2D eigenvalue weighted by atomic mass is 9.90. The van der Waals surface area contributed by atoms with E-state index >= 15 is 0 Å². The average molecular weight is 345 g/mol. The normalized spacial score (nSPS) is 10.5. The van der Waals surface area contributed by atoms with E-state index in [0.29, 0.717) is 6.54 Å². The molecule has 3 rings (SSSR count). The number of amides is 1. The zero-order valence-electron chi connectivity index (χ0n) is 14.9. The molecule has 0 spiro atoms. The molecule has 26 heavy (non-hydrogen) atoms. The second-order valence-electron chi connectivity index (χ2n) is 6.14. The van der Waals surface area contributed by atoms with E-state index in [-0.39, 0.29) is 11.8 Å². The Morgan fingerprint density at radius 2 is 1.38 bits per heavy atom. The molecule has 0 aliphatic carbocycles. The molecule has 0 fully saturated rings. The Kier molecular flexibility index (Phi) is 6.05. The van der Waals surface area contributed by atoms with Crippen molar-refractivity contribution in [1.82, 2.24) is 5.32 Å². The van der Waals surface area contributed by atoms with Crippen molar-refractivity contribution in [3.8, 4) is 5.75 Å². The Bertz CT molecular complexity index is 774. The minimum Gasteiger partial charge on any atom is -0.497 e. The fraction of sp³-hybridized carbons (Fsp3) is 0.174. The van der Waals surface area contributed by atoms with Crippen LogP contribution in [0.4, 0.5) is 0 Å². The number of carbonyl (C=O) groups is 1. The van der Waals surface area contributed by atoms with Crippen molar-refractivity contribution in [3.63, 3.8) is 0 Å². The number of ether oxygens (including phenoxy) is 1. The van der Waals surface area contributed by atoms with Crippen molar-refractivity contribution < 1.29 is 9.53 Å². The molecule has 1 amide bonds. The van der Waals surface area contributed by atoms with Gasteiger partial charge in [-0.25, -0.2) is 0 Å². The van der Waals surface area contributed by atoms with Crippen molar-refractivity contribution in [2.24, 2.45) is 0 Å². The summed E-state index contributed by atoms with van der Waals surface area (Å²) < 4.78 is 5.17. The summed E-state index contributed by atoms with van der Waals surface area (Å²) in [5.41, 5.74) is 3.17. The first-order valence-electron chi connectivity index (χ1n) is 8.78. The first kappa shape index (κ1) is 17.7. The fourth-order valence-corrected chi connectivity index (χ4v) is 3.01. The lowest BCUT2D eigenvalue weighted by molar-refractivity contribution is -0.121. The number of benzene rings is 3. The quantitative estimate of drug-likeness (QED) is 0.697. The van der Waals surface area contributed by atoms with E-state index in [1.807, 2.05) is 84.9 Å². The van der Waals surface area contributed by atoms with Crippen molar-refractivity contribution >= 4 is 5.91 Å². The summed E-state index contributed by atoms with van der Waals surface area (Å²) in [4.78, 5) is 12.9. The van der Waals surface area contributed by atoms with E-state index in [0.717, 1.165) is 23.3 Å². The standard InChI is InChI=1S/C23H23NO2/c1-26-21-14-12-18(13-15-21)16-17-24-23(25)22(19-8-4-2-5-9-19)20-10-6-3-7-11-20/h2-15,22H,16-17H2,1H3,(H,24,25). The molecule has 3 nitrogen and oxygen atoms in total. The maximum absolute atomic E-state index is 12.9. The molecule has 0 heterocycles. The van der Waals surface area contributed by atoms with Gasteiger partial charge < -0.3 is 10.1 Å². The van der Waals surface area contributed by atoms with Crippen molar-refractivity contribution in [3.05, 3.63) is 102 Å². The molecule has 1 N–H and O–H groups in total. The highest BCUT2D eigenvalue weighted by Crippen LogP contribution is 2.24. The van der Waals surface area contributed by atoms with Gasteiger partial charge >= 0.3 is 0 Å².